The van der Waals surface area contributed by atoms with Crippen LogP contribution < -0.4 is 10.2 Å². The van der Waals surface area contributed by atoms with E-state index in [9.17, 15) is 13.2 Å². The van der Waals surface area contributed by atoms with Crippen molar-refractivity contribution in [3.63, 3.8) is 0 Å². The molecule has 3 rings (SSSR count). The van der Waals surface area contributed by atoms with Crippen LogP contribution in [0.25, 0.3) is 10.2 Å². The van der Waals surface area contributed by atoms with Gasteiger partial charge in [-0.1, -0.05) is 55.9 Å². The molecule has 0 spiro atoms. The molecule has 1 amide bonds. The van der Waals surface area contributed by atoms with Gasteiger partial charge in [0.25, 0.3) is 5.91 Å². The van der Waals surface area contributed by atoms with Gasteiger partial charge in [0.1, 0.15) is 6.04 Å². The SMILES string of the molecule is CC(C)[C@@H](NS(=O)(=O)c1ccc2nc(SCc3ccccc3)sc2c1)C(=O)NO. The Bertz CT molecular complexity index is 1100. The van der Waals surface area contributed by atoms with Crippen LogP contribution in [0.1, 0.15) is 19.4 Å². The molecule has 7 nitrogen and oxygen atoms in total. The first kappa shape index (κ1) is 21.7. The van der Waals surface area contributed by atoms with E-state index in [4.69, 9.17) is 5.21 Å². The van der Waals surface area contributed by atoms with E-state index in [1.165, 1.54) is 28.4 Å². The van der Waals surface area contributed by atoms with Crippen LogP contribution in [0.4, 0.5) is 0 Å². The number of nitrogens with one attached hydrogen (secondary N) is 2. The van der Waals surface area contributed by atoms with E-state index in [1.54, 1.807) is 37.7 Å². The van der Waals surface area contributed by atoms with Gasteiger partial charge in [0.15, 0.2) is 4.34 Å². The van der Waals surface area contributed by atoms with Crippen LogP contribution in [-0.4, -0.2) is 30.6 Å². The Morgan fingerprint density at radius 2 is 1.93 bits per heavy atom. The van der Waals surface area contributed by atoms with Crippen LogP contribution in [0.3, 0.4) is 0 Å². The monoisotopic (exact) mass is 451 g/mol. The first-order valence-corrected chi connectivity index (χ1v) is 12.1. The Hall–Kier alpha value is -1.98. The van der Waals surface area contributed by atoms with Gasteiger partial charge in [0.2, 0.25) is 10.0 Å². The van der Waals surface area contributed by atoms with Crippen LogP contribution in [-0.2, 0) is 20.6 Å². The first-order valence-electron chi connectivity index (χ1n) is 8.84. The third-order valence-electron chi connectivity index (χ3n) is 4.20. The summed E-state index contributed by atoms with van der Waals surface area (Å²) in [7, 11) is -3.95. The molecule has 29 heavy (non-hydrogen) atoms. The zero-order chi connectivity index (χ0) is 21.0. The fraction of sp³-hybridized carbons (Fsp3) is 0.263. The van der Waals surface area contributed by atoms with Gasteiger partial charge in [0.05, 0.1) is 15.1 Å². The Labute approximate surface area is 177 Å². The number of carbonyl (C=O) groups is 1. The van der Waals surface area contributed by atoms with Gasteiger partial charge >= 0.3 is 0 Å². The molecule has 0 fully saturated rings. The van der Waals surface area contributed by atoms with Crippen molar-refractivity contribution in [2.24, 2.45) is 5.92 Å². The highest BCUT2D eigenvalue weighted by Crippen LogP contribution is 2.32. The summed E-state index contributed by atoms with van der Waals surface area (Å²) in [6.45, 7) is 3.37. The van der Waals surface area contributed by atoms with Gasteiger partial charge < -0.3 is 0 Å². The van der Waals surface area contributed by atoms with Crippen molar-refractivity contribution in [2.75, 3.05) is 0 Å². The molecule has 0 aliphatic heterocycles. The first-order chi connectivity index (χ1) is 13.8. The lowest BCUT2D eigenvalue weighted by Gasteiger charge is -2.20. The lowest BCUT2D eigenvalue weighted by atomic mass is 10.1. The van der Waals surface area contributed by atoms with Crippen LogP contribution in [0.2, 0.25) is 0 Å². The number of benzene rings is 2. The van der Waals surface area contributed by atoms with E-state index in [2.05, 4.69) is 9.71 Å². The molecule has 3 N–H and O–H groups in total. The smallest absolute Gasteiger partial charge is 0.261 e. The van der Waals surface area contributed by atoms with Crippen molar-refractivity contribution in [3.8, 4) is 0 Å². The minimum atomic E-state index is -3.95. The standard InChI is InChI=1S/C19H21N3O4S3/c1-12(2)17(18(23)21-24)22-29(25,26)14-8-9-15-16(10-14)28-19(20-15)27-11-13-6-4-3-5-7-13/h3-10,12,17,22,24H,11H2,1-2H3,(H,21,23)/t17-/m1/s1. The molecule has 0 aliphatic carbocycles. The van der Waals surface area contributed by atoms with Gasteiger partial charge in [-0.25, -0.2) is 18.9 Å². The van der Waals surface area contributed by atoms with E-state index in [0.717, 1.165) is 20.3 Å². The number of thioether (sulfide) groups is 1. The van der Waals surface area contributed by atoms with Crippen molar-refractivity contribution in [2.45, 2.75) is 34.9 Å². The largest absolute Gasteiger partial charge is 0.289 e. The number of rotatable bonds is 8. The third kappa shape index (κ3) is 5.34. The molecule has 0 aliphatic rings. The summed E-state index contributed by atoms with van der Waals surface area (Å²) in [5, 5.41) is 8.86. The maximum atomic E-state index is 12.7. The zero-order valence-electron chi connectivity index (χ0n) is 15.8. The molecule has 3 aromatic rings. The zero-order valence-corrected chi connectivity index (χ0v) is 18.3. The summed E-state index contributed by atoms with van der Waals surface area (Å²) in [6, 6.07) is 13.6. The number of aromatic nitrogens is 1. The Kier molecular flexibility index (Phi) is 6.91. The molecule has 0 radical (unpaired) electrons. The molecule has 0 unspecified atom stereocenters. The molecule has 2 aromatic carbocycles. The van der Waals surface area contributed by atoms with Crippen molar-refractivity contribution in [1.82, 2.24) is 15.2 Å². The number of amides is 1. The van der Waals surface area contributed by atoms with E-state index < -0.39 is 22.0 Å². The average molecular weight is 452 g/mol. The number of nitrogens with zero attached hydrogens (tertiary/aromatic N) is 1. The molecule has 0 saturated carbocycles. The third-order valence-corrected chi connectivity index (χ3v) is 7.87. The summed E-state index contributed by atoms with van der Waals surface area (Å²) in [6.07, 6.45) is 0. The highest BCUT2D eigenvalue weighted by molar-refractivity contribution is 8.00. The average Bonchev–Trinajstić information content (AvgIpc) is 3.12. The van der Waals surface area contributed by atoms with Crippen molar-refractivity contribution in [3.05, 3.63) is 54.1 Å². The summed E-state index contributed by atoms with van der Waals surface area (Å²) in [4.78, 5) is 16.4. The predicted molar refractivity (Wildman–Crippen MR) is 114 cm³/mol. The Balaban J connectivity index is 1.80. The summed E-state index contributed by atoms with van der Waals surface area (Å²) in [5.74, 6) is -0.369. The summed E-state index contributed by atoms with van der Waals surface area (Å²) >= 11 is 3.02. The van der Waals surface area contributed by atoms with E-state index in [-0.39, 0.29) is 10.8 Å². The number of fused-ring (bicyclic) bond motifs is 1. The maximum Gasteiger partial charge on any atom is 0.261 e. The molecule has 1 heterocycles. The van der Waals surface area contributed by atoms with Crippen molar-refractivity contribution < 1.29 is 18.4 Å². The Morgan fingerprint density at radius 3 is 2.59 bits per heavy atom. The van der Waals surface area contributed by atoms with E-state index in [1.807, 2.05) is 30.3 Å². The molecule has 0 bridgehead atoms. The topological polar surface area (TPSA) is 108 Å². The lowest BCUT2D eigenvalue weighted by Crippen LogP contribution is -2.48. The number of sulfonamides is 1. The van der Waals surface area contributed by atoms with Gasteiger partial charge in [-0.3, -0.25) is 10.0 Å². The van der Waals surface area contributed by atoms with Gasteiger partial charge in [-0.05, 0) is 29.7 Å². The highest BCUT2D eigenvalue weighted by Gasteiger charge is 2.28. The van der Waals surface area contributed by atoms with Crippen LogP contribution in [0, 0.1) is 5.92 Å². The predicted octanol–water partition coefficient (Wildman–Crippen LogP) is 3.40. The second-order valence-corrected chi connectivity index (χ2v) is 10.7. The fourth-order valence-electron chi connectivity index (χ4n) is 2.63. The number of hydroxylamine groups is 1. The van der Waals surface area contributed by atoms with Crippen LogP contribution >= 0.6 is 23.1 Å². The second-order valence-electron chi connectivity index (χ2n) is 6.70. The highest BCUT2D eigenvalue weighted by atomic mass is 32.2. The van der Waals surface area contributed by atoms with E-state index >= 15 is 0 Å². The number of thiazole rings is 1. The van der Waals surface area contributed by atoms with Crippen molar-refractivity contribution >= 4 is 49.2 Å². The minimum absolute atomic E-state index is 0.0460. The molecule has 1 atom stereocenters. The molecule has 1 aromatic heterocycles. The number of hydrogen-bond acceptors (Lipinski definition) is 7. The molecule has 10 heteroatoms. The van der Waals surface area contributed by atoms with Gasteiger partial charge in [-0.15, -0.1) is 11.3 Å². The van der Waals surface area contributed by atoms with Crippen LogP contribution in [0.5, 0.6) is 0 Å². The minimum Gasteiger partial charge on any atom is -0.289 e. The van der Waals surface area contributed by atoms with Crippen molar-refractivity contribution in [1.29, 1.82) is 0 Å². The molecular weight excluding hydrogens is 430 g/mol. The van der Waals surface area contributed by atoms with Gasteiger partial charge in [0, 0.05) is 5.75 Å². The number of hydrogen-bond donors (Lipinski definition) is 3. The van der Waals surface area contributed by atoms with E-state index in [0.29, 0.717) is 0 Å². The summed E-state index contributed by atoms with van der Waals surface area (Å²) < 4.78 is 29.4. The molecule has 154 valence electrons. The lowest BCUT2D eigenvalue weighted by molar-refractivity contribution is -0.131. The van der Waals surface area contributed by atoms with Crippen LogP contribution in [0.15, 0.2) is 57.8 Å². The maximum absolute atomic E-state index is 12.7. The quantitative estimate of drug-likeness (QED) is 0.275. The molecule has 0 saturated heterocycles. The Morgan fingerprint density at radius 1 is 1.21 bits per heavy atom. The second kappa shape index (κ2) is 9.23. The fourth-order valence-corrected chi connectivity index (χ4v) is 6.14. The normalized spacial score (nSPS) is 13.0. The number of carbonyl (C=O) groups excluding carboxylic acids is 1. The molecular formula is C19H21N3O4S3. The summed E-state index contributed by atoms with van der Waals surface area (Å²) in [5.41, 5.74) is 3.41. The van der Waals surface area contributed by atoms with Gasteiger partial charge in [-0.2, -0.15) is 4.72 Å².